The van der Waals surface area contributed by atoms with Crippen LogP contribution in [0.15, 0.2) is 53.4 Å². The first kappa shape index (κ1) is 19.4. The average molecular weight is 427 g/mol. The zero-order chi connectivity index (χ0) is 19.4. The molecular weight excluding hydrogens is 415 g/mol. The normalized spacial score (nSPS) is 11.3. The van der Waals surface area contributed by atoms with E-state index in [1.165, 1.54) is 42.5 Å². The number of amides is 1. The Morgan fingerprint density at radius 1 is 1.11 bits per heavy atom. The molecule has 11 heteroatoms. The molecule has 3 aromatic rings. The largest absolute Gasteiger partial charge is 0.317 e. The number of carbonyl (C=O) groups is 1. The van der Waals surface area contributed by atoms with Crippen LogP contribution >= 0.6 is 22.9 Å². The Morgan fingerprint density at radius 3 is 2.52 bits per heavy atom. The second-order valence-electron chi connectivity index (χ2n) is 5.21. The Bertz CT molecular complexity index is 1070. The molecule has 0 spiro atoms. The van der Waals surface area contributed by atoms with Crippen LogP contribution in [0.2, 0.25) is 5.02 Å². The van der Waals surface area contributed by atoms with Gasteiger partial charge in [0, 0.05) is 5.02 Å². The van der Waals surface area contributed by atoms with Crippen molar-refractivity contribution in [2.45, 2.75) is 11.4 Å². The molecule has 27 heavy (non-hydrogen) atoms. The summed E-state index contributed by atoms with van der Waals surface area (Å²) >= 11 is 6.64. The maximum atomic E-state index is 13.6. The van der Waals surface area contributed by atoms with Crippen LogP contribution in [0.3, 0.4) is 0 Å². The van der Waals surface area contributed by atoms with Crippen LogP contribution in [0.5, 0.6) is 0 Å². The van der Waals surface area contributed by atoms with Gasteiger partial charge in [-0.05, 0) is 36.4 Å². The molecule has 3 rings (SSSR count). The third-order valence-corrected chi connectivity index (χ3v) is 5.91. The van der Waals surface area contributed by atoms with E-state index in [0.29, 0.717) is 5.02 Å². The predicted molar refractivity (Wildman–Crippen MR) is 99.7 cm³/mol. The van der Waals surface area contributed by atoms with Crippen LogP contribution < -0.4 is 10.0 Å². The first-order valence-electron chi connectivity index (χ1n) is 7.48. The van der Waals surface area contributed by atoms with E-state index >= 15 is 0 Å². The fourth-order valence-electron chi connectivity index (χ4n) is 2.01. The van der Waals surface area contributed by atoms with Crippen LogP contribution in [0.1, 0.15) is 14.8 Å². The fourth-order valence-corrected chi connectivity index (χ4v) is 3.89. The fraction of sp³-hybridized carbons (Fsp3) is 0.0625. The maximum Gasteiger partial charge on any atom is 0.286 e. The first-order chi connectivity index (χ1) is 12.8. The molecule has 0 unspecified atom stereocenters. The second-order valence-corrected chi connectivity index (χ2v) is 8.48. The molecular formula is C16H12ClFN4O3S2. The number of nitrogens with one attached hydrogen (secondary N) is 2. The summed E-state index contributed by atoms with van der Waals surface area (Å²) in [5.41, 5.74) is 0.0164. The van der Waals surface area contributed by atoms with Crippen molar-refractivity contribution < 1.29 is 17.6 Å². The van der Waals surface area contributed by atoms with E-state index in [0.717, 1.165) is 11.3 Å². The van der Waals surface area contributed by atoms with Gasteiger partial charge in [-0.25, -0.2) is 17.5 Å². The molecule has 0 aliphatic heterocycles. The highest BCUT2D eigenvalue weighted by Crippen LogP contribution is 2.17. The second kappa shape index (κ2) is 8.09. The number of anilines is 1. The minimum Gasteiger partial charge on any atom is -0.317 e. The molecule has 2 aromatic carbocycles. The predicted octanol–water partition coefficient (Wildman–Crippen LogP) is 3.06. The van der Waals surface area contributed by atoms with Gasteiger partial charge in [0.2, 0.25) is 15.0 Å². The first-order valence-corrected chi connectivity index (χ1v) is 10.2. The van der Waals surface area contributed by atoms with E-state index in [9.17, 15) is 17.6 Å². The van der Waals surface area contributed by atoms with Gasteiger partial charge in [-0.3, -0.25) is 4.79 Å². The Morgan fingerprint density at radius 2 is 1.81 bits per heavy atom. The highest BCUT2D eigenvalue weighted by Gasteiger charge is 2.17. The summed E-state index contributed by atoms with van der Waals surface area (Å²) in [7, 11) is -3.76. The SMILES string of the molecule is O=C(Nc1ccccc1F)c1nnc(CNS(=O)(=O)c2ccc(Cl)cc2)s1. The lowest BCUT2D eigenvalue weighted by Crippen LogP contribution is -2.23. The van der Waals surface area contributed by atoms with E-state index in [-0.39, 0.29) is 27.1 Å². The van der Waals surface area contributed by atoms with Crippen molar-refractivity contribution >= 4 is 44.6 Å². The van der Waals surface area contributed by atoms with Gasteiger partial charge in [-0.2, -0.15) is 0 Å². The number of carbonyl (C=O) groups excluding carboxylic acids is 1. The smallest absolute Gasteiger partial charge is 0.286 e. The number of halogens is 2. The summed E-state index contributed by atoms with van der Waals surface area (Å²) in [5.74, 6) is -1.21. The van der Waals surface area contributed by atoms with Crippen LogP contribution in [0.25, 0.3) is 0 Å². The Labute approximate surface area is 163 Å². The highest BCUT2D eigenvalue weighted by atomic mass is 35.5. The quantitative estimate of drug-likeness (QED) is 0.630. The average Bonchev–Trinajstić information content (AvgIpc) is 3.12. The van der Waals surface area contributed by atoms with Gasteiger partial charge in [0.05, 0.1) is 17.1 Å². The van der Waals surface area contributed by atoms with Gasteiger partial charge >= 0.3 is 0 Å². The molecule has 1 heterocycles. The zero-order valence-electron chi connectivity index (χ0n) is 13.5. The summed E-state index contributed by atoms with van der Waals surface area (Å²) in [6.45, 7) is -0.143. The van der Waals surface area contributed by atoms with E-state index in [1.807, 2.05) is 0 Å². The van der Waals surface area contributed by atoms with Gasteiger partial charge in [-0.1, -0.05) is 35.1 Å². The maximum absolute atomic E-state index is 13.6. The van der Waals surface area contributed by atoms with Gasteiger partial charge in [0.25, 0.3) is 5.91 Å². The molecule has 0 aliphatic rings. The molecule has 1 aromatic heterocycles. The minimum atomic E-state index is -3.76. The van der Waals surface area contributed by atoms with Crippen LogP contribution in [0, 0.1) is 5.82 Å². The van der Waals surface area contributed by atoms with E-state index in [1.54, 1.807) is 6.07 Å². The van der Waals surface area contributed by atoms with Crippen molar-refractivity contribution in [1.29, 1.82) is 0 Å². The minimum absolute atomic E-state index is 0.0149. The number of para-hydroxylation sites is 1. The summed E-state index contributed by atoms with van der Waals surface area (Å²) in [6.07, 6.45) is 0. The standard InChI is InChI=1S/C16H12ClFN4O3S2/c17-10-5-7-11(8-6-10)27(24,25)19-9-14-21-22-16(26-14)15(23)20-13-4-2-1-3-12(13)18/h1-8,19H,9H2,(H,20,23). The Kier molecular flexibility index (Phi) is 5.80. The molecule has 0 fully saturated rings. The third-order valence-electron chi connectivity index (χ3n) is 3.32. The van der Waals surface area contributed by atoms with Crippen molar-refractivity contribution in [3.63, 3.8) is 0 Å². The van der Waals surface area contributed by atoms with E-state index in [2.05, 4.69) is 20.2 Å². The van der Waals surface area contributed by atoms with Gasteiger partial charge in [0.1, 0.15) is 10.8 Å². The lowest BCUT2D eigenvalue weighted by Gasteiger charge is -2.04. The number of aromatic nitrogens is 2. The summed E-state index contributed by atoms with van der Waals surface area (Å²) in [6, 6.07) is 11.4. The number of sulfonamides is 1. The molecule has 0 saturated heterocycles. The monoisotopic (exact) mass is 426 g/mol. The van der Waals surface area contributed by atoms with Gasteiger partial charge in [-0.15, -0.1) is 10.2 Å². The number of rotatable bonds is 6. The Hall–Kier alpha value is -2.40. The van der Waals surface area contributed by atoms with Crippen molar-refractivity contribution in [2.75, 3.05) is 5.32 Å². The molecule has 0 atom stereocenters. The van der Waals surface area contributed by atoms with Crippen molar-refractivity contribution in [1.82, 2.24) is 14.9 Å². The van der Waals surface area contributed by atoms with Crippen LogP contribution in [-0.4, -0.2) is 24.5 Å². The molecule has 2 N–H and O–H groups in total. The molecule has 1 amide bonds. The highest BCUT2D eigenvalue weighted by molar-refractivity contribution is 7.89. The number of hydrogen-bond donors (Lipinski definition) is 2. The molecule has 0 saturated carbocycles. The van der Waals surface area contributed by atoms with Gasteiger partial charge in [0.15, 0.2) is 0 Å². The number of nitrogens with zero attached hydrogens (tertiary/aromatic N) is 2. The summed E-state index contributed by atoms with van der Waals surface area (Å²) in [4.78, 5) is 12.2. The molecule has 140 valence electrons. The number of hydrogen-bond acceptors (Lipinski definition) is 6. The summed E-state index contributed by atoms with van der Waals surface area (Å²) < 4.78 is 40.4. The molecule has 7 nitrogen and oxygen atoms in total. The van der Waals surface area contributed by atoms with E-state index in [4.69, 9.17) is 11.6 Å². The van der Waals surface area contributed by atoms with Crippen molar-refractivity contribution in [3.05, 3.63) is 69.4 Å². The third kappa shape index (κ3) is 4.86. The summed E-state index contributed by atoms with van der Waals surface area (Å²) in [5, 5.41) is 10.6. The van der Waals surface area contributed by atoms with Crippen molar-refractivity contribution in [3.8, 4) is 0 Å². The topological polar surface area (TPSA) is 101 Å². The van der Waals surface area contributed by atoms with Crippen LogP contribution in [-0.2, 0) is 16.6 Å². The molecule has 0 radical (unpaired) electrons. The van der Waals surface area contributed by atoms with Crippen LogP contribution in [0.4, 0.5) is 10.1 Å². The number of benzene rings is 2. The lowest BCUT2D eigenvalue weighted by molar-refractivity contribution is 0.102. The van der Waals surface area contributed by atoms with Crippen molar-refractivity contribution in [2.24, 2.45) is 0 Å². The molecule has 0 aliphatic carbocycles. The molecule has 0 bridgehead atoms. The Balaban J connectivity index is 1.65. The van der Waals surface area contributed by atoms with E-state index < -0.39 is 21.7 Å². The zero-order valence-corrected chi connectivity index (χ0v) is 15.9. The van der Waals surface area contributed by atoms with Gasteiger partial charge < -0.3 is 5.32 Å². The lowest BCUT2D eigenvalue weighted by atomic mass is 10.3.